The van der Waals surface area contributed by atoms with Crippen LogP contribution in [0.15, 0.2) is 60.8 Å². The van der Waals surface area contributed by atoms with Crippen molar-refractivity contribution < 1.29 is 9.18 Å². The van der Waals surface area contributed by atoms with Gasteiger partial charge in [0.2, 0.25) is 0 Å². The summed E-state index contributed by atoms with van der Waals surface area (Å²) in [5.41, 5.74) is 4.35. The number of urea groups is 1. The Morgan fingerprint density at radius 3 is 2.67 bits per heavy atom. The van der Waals surface area contributed by atoms with Crippen molar-refractivity contribution in [3.63, 3.8) is 0 Å². The first-order valence-electron chi connectivity index (χ1n) is 9.09. The molecule has 1 aromatic heterocycles. The van der Waals surface area contributed by atoms with E-state index in [1.165, 1.54) is 6.07 Å². The molecule has 0 unspecified atom stereocenters. The molecule has 27 heavy (non-hydrogen) atoms. The van der Waals surface area contributed by atoms with E-state index in [9.17, 15) is 9.18 Å². The van der Waals surface area contributed by atoms with Crippen LogP contribution in [0.5, 0.6) is 0 Å². The number of fused-ring (bicyclic) bond motifs is 1. The van der Waals surface area contributed by atoms with Gasteiger partial charge in [-0.2, -0.15) is 0 Å². The first-order chi connectivity index (χ1) is 13.0. The maximum atomic E-state index is 14.6. The molecular weight excluding hydrogens is 341 g/mol. The normalized spacial score (nSPS) is 16.1. The van der Waals surface area contributed by atoms with Gasteiger partial charge in [0.25, 0.3) is 0 Å². The van der Waals surface area contributed by atoms with E-state index in [1.807, 2.05) is 50.4 Å². The fourth-order valence-electron chi connectivity index (χ4n) is 3.77. The fraction of sp³-hybridized carbons (Fsp3) is 0.227. The van der Waals surface area contributed by atoms with Gasteiger partial charge in [0.1, 0.15) is 11.9 Å². The number of aryl methyl sites for hydroxylation is 2. The molecule has 2 aromatic carbocycles. The summed E-state index contributed by atoms with van der Waals surface area (Å²) < 4.78 is 16.7. The molecule has 138 valence electrons. The summed E-state index contributed by atoms with van der Waals surface area (Å²) in [5, 5.41) is 3.00. The number of carbonyl (C=O) groups excluding carboxylic acids is 1. The van der Waals surface area contributed by atoms with E-state index < -0.39 is 6.04 Å². The van der Waals surface area contributed by atoms with Gasteiger partial charge in [0.15, 0.2) is 0 Å². The number of hydrogen-bond acceptors (Lipinski definition) is 1. The van der Waals surface area contributed by atoms with Crippen LogP contribution in [0.25, 0.3) is 0 Å². The quantitative estimate of drug-likeness (QED) is 0.692. The predicted octanol–water partition coefficient (Wildman–Crippen LogP) is 4.88. The molecule has 1 atom stereocenters. The molecule has 1 aliphatic rings. The van der Waals surface area contributed by atoms with Gasteiger partial charge in [-0.3, -0.25) is 0 Å². The summed E-state index contributed by atoms with van der Waals surface area (Å²) >= 11 is 0. The second kappa shape index (κ2) is 6.91. The van der Waals surface area contributed by atoms with Crippen LogP contribution in [0, 0.1) is 19.7 Å². The zero-order valence-corrected chi connectivity index (χ0v) is 15.4. The second-order valence-electron chi connectivity index (χ2n) is 6.99. The first-order valence-corrected chi connectivity index (χ1v) is 9.09. The zero-order chi connectivity index (χ0) is 19.0. The van der Waals surface area contributed by atoms with Gasteiger partial charge in [0.05, 0.1) is 0 Å². The Labute approximate surface area is 158 Å². The van der Waals surface area contributed by atoms with Crippen molar-refractivity contribution in [2.24, 2.45) is 0 Å². The van der Waals surface area contributed by atoms with E-state index in [4.69, 9.17) is 0 Å². The summed E-state index contributed by atoms with van der Waals surface area (Å²) in [6, 6.07) is 15.8. The minimum Gasteiger partial charge on any atom is -0.348 e. The van der Waals surface area contributed by atoms with Crippen LogP contribution in [0.1, 0.15) is 28.4 Å². The van der Waals surface area contributed by atoms with Crippen LogP contribution in [0.2, 0.25) is 0 Å². The maximum Gasteiger partial charge on any atom is 0.322 e. The molecule has 4 nitrogen and oxygen atoms in total. The number of benzene rings is 2. The number of nitrogens with zero attached hydrogens (tertiary/aromatic N) is 2. The Hall–Kier alpha value is -3.08. The van der Waals surface area contributed by atoms with Crippen LogP contribution in [-0.2, 0) is 6.54 Å². The lowest BCUT2D eigenvalue weighted by atomic mass is 9.99. The number of hydrogen-bond donors (Lipinski definition) is 1. The molecule has 0 spiro atoms. The highest BCUT2D eigenvalue weighted by Crippen LogP contribution is 2.34. The number of rotatable bonds is 2. The van der Waals surface area contributed by atoms with E-state index >= 15 is 0 Å². The van der Waals surface area contributed by atoms with E-state index in [0.717, 1.165) is 22.5 Å². The van der Waals surface area contributed by atoms with Crippen molar-refractivity contribution in [3.05, 3.63) is 89.0 Å². The van der Waals surface area contributed by atoms with E-state index in [-0.39, 0.29) is 11.8 Å². The summed E-state index contributed by atoms with van der Waals surface area (Å²) in [6.45, 7) is 5.19. The Kier molecular flexibility index (Phi) is 4.44. The summed E-state index contributed by atoms with van der Waals surface area (Å²) in [7, 11) is 0. The summed E-state index contributed by atoms with van der Waals surface area (Å²) in [6.07, 6.45) is 1.97. The molecule has 0 aliphatic carbocycles. The molecule has 4 rings (SSSR count). The summed E-state index contributed by atoms with van der Waals surface area (Å²) in [5.74, 6) is -0.304. The lowest BCUT2D eigenvalue weighted by molar-refractivity contribution is 0.180. The fourth-order valence-corrected chi connectivity index (χ4v) is 3.77. The monoisotopic (exact) mass is 363 g/mol. The van der Waals surface area contributed by atoms with Gasteiger partial charge < -0.3 is 14.8 Å². The van der Waals surface area contributed by atoms with Gasteiger partial charge >= 0.3 is 6.03 Å². The number of halogens is 1. The minimum atomic E-state index is -0.458. The highest BCUT2D eigenvalue weighted by Gasteiger charge is 2.33. The minimum absolute atomic E-state index is 0.220. The number of nitrogens with one attached hydrogen (secondary N) is 1. The van der Waals surface area contributed by atoms with Gasteiger partial charge in [0, 0.05) is 36.2 Å². The third-order valence-electron chi connectivity index (χ3n) is 5.12. The Bertz CT molecular complexity index is 995. The molecule has 2 amide bonds. The molecule has 1 N–H and O–H groups in total. The topological polar surface area (TPSA) is 37.3 Å². The smallest absolute Gasteiger partial charge is 0.322 e. The highest BCUT2D eigenvalue weighted by molar-refractivity contribution is 5.90. The van der Waals surface area contributed by atoms with Crippen molar-refractivity contribution in [3.8, 4) is 0 Å². The third kappa shape index (κ3) is 3.21. The largest absolute Gasteiger partial charge is 0.348 e. The van der Waals surface area contributed by atoms with Gasteiger partial charge in [-0.1, -0.05) is 35.9 Å². The first kappa shape index (κ1) is 17.3. The molecule has 0 bridgehead atoms. The maximum absolute atomic E-state index is 14.6. The number of anilines is 1. The van der Waals surface area contributed by atoms with Gasteiger partial charge in [-0.25, -0.2) is 9.18 Å². The van der Waals surface area contributed by atoms with Crippen molar-refractivity contribution >= 4 is 11.7 Å². The lowest BCUT2D eigenvalue weighted by Gasteiger charge is -2.37. The Morgan fingerprint density at radius 2 is 1.89 bits per heavy atom. The molecule has 0 saturated carbocycles. The number of amides is 2. The summed E-state index contributed by atoms with van der Waals surface area (Å²) in [4.78, 5) is 14.8. The van der Waals surface area contributed by atoms with Crippen molar-refractivity contribution in [1.29, 1.82) is 0 Å². The Morgan fingerprint density at radius 1 is 1.07 bits per heavy atom. The highest BCUT2D eigenvalue weighted by atomic mass is 19.1. The van der Waals surface area contributed by atoms with Crippen LogP contribution < -0.4 is 5.32 Å². The molecule has 5 heteroatoms. The number of carbonyl (C=O) groups is 1. The van der Waals surface area contributed by atoms with Crippen LogP contribution in [-0.4, -0.2) is 22.0 Å². The van der Waals surface area contributed by atoms with Crippen molar-refractivity contribution in [2.75, 3.05) is 11.9 Å². The molecule has 3 aromatic rings. The van der Waals surface area contributed by atoms with E-state index in [0.29, 0.717) is 18.7 Å². The van der Waals surface area contributed by atoms with Gasteiger partial charge in [-0.15, -0.1) is 0 Å². The third-order valence-corrected chi connectivity index (χ3v) is 5.12. The van der Waals surface area contributed by atoms with Crippen LogP contribution in [0.3, 0.4) is 0 Å². The van der Waals surface area contributed by atoms with Gasteiger partial charge in [-0.05, 0) is 43.7 Å². The van der Waals surface area contributed by atoms with Crippen molar-refractivity contribution in [2.45, 2.75) is 26.4 Å². The molecule has 0 radical (unpaired) electrons. The SMILES string of the molecule is Cc1ccc(NC(=O)N2CCn3cccc3[C@H]2c2ccccc2F)c(C)c1. The van der Waals surface area contributed by atoms with Crippen LogP contribution >= 0.6 is 0 Å². The van der Waals surface area contributed by atoms with E-state index in [2.05, 4.69) is 9.88 Å². The average Bonchev–Trinajstić information content (AvgIpc) is 3.12. The second-order valence-corrected chi connectivity index (χ2v) is 6.99. The number of aromatic nitrogens is 1. The zero-order valence-electron chi connectivity index (χ0n) is 15.4. The molecule has 1 aliphatic heterocycles. The molecular formula is C22H22FN3O. The lowest BCUT2D eigenvalue weighted by Crippen LogP contribution is -2.44. The van der Waals surface area contributed by atoms with Crippen LogP contribution in [0.4, 0.5) is 14.9 Å². The Balaban J connectivity index is 1.70. The average molecular weight is 363 g/mol. The standard InChI is InChI=1S/C22H22FN3O/c1-15-9-10-19(16(2)14-15)24-22(27)26-13-12-25-11-5-8-20(25)21(26)17-6-3-4-7-18(17)23/h3-11,14,21H,12-13H2,1-2H3,(H,24,27)/t21-/m1/s1. The molecule has 0 fully saturated rings. The molecule has 0 saturated heterocycles. The van der Waals surface area contributed by atoms with E-state index in [1.54, 1.807) is 23.1 Å². The van der Waals surface area contributed by atoms with Crippen molar-refractivity contribution in [1.82, 2.24) is 9.47 Å². The predicted molar refractivity (Wildman–Crippen MR) is 104 cm³/mol. The molecule has 2 heterocycles.